The molecule has 2 aliphatic rings. The van der Waals surface area contributed by atoms with Gasteiger partial charge in [0, 0.05) is 18.7 Å². The third-order valence-electron chi connectivity index (χ3n) is 4.60. The van der Waals surface area contributed by atoms with E-state index in [9.17, 15) is 23.1 Å². The summed E-state index contributed by atoms with van der Waals surface area (Å²) in [7, 11) is 0. The van der Waals surface area contributed by atoms with Gasteiger partial charge in [-0.1, -0.05) is 6.07 Å². The van der Waals surface area contributed by atoms with Crippen molar-refractivity contribution in [3.05, 3.63) is 35.4 Å². The van der Waals surface area contributed by atoms with Gasteiger partial charge in [0.15, 0.2) is 0 Å². The number of carbonyl (C=O) groups excluding carboxylic acids is 1. The number of hydrogen-bond donors (Lipinski definition) is 1. The standard InChI is InChI=1S/C16H18F3NO3/c17-16(18,19)12-4-1-3-11(9-12)14(22)20-7-5-13(21)15(10-20)6-2-8-23-15/h1,3-4,9,13,21H,2,5-8,10H2/t13-,15-/m0/s1. The van der Waals surface area contributed by atoms with E-state index in [-0.39, 0.29) is 12.1 Å². The highest BCUT2D eigenvalue weighted by molar-refractivity contribution is 5.94. The Balaban J connectivity index is 1.81. The number of carbonyl (C=O) groups is 1. The number of alkyl halides is 3. The maximum absolute atomic E-state index is 12.8. The number of nitrogens with zero attached hydrogens (tertiary/aromatic N) is 1. The van der Waals surface area contributed by atoms with Gasteiger partial charge in [-0.05, 0) is 37.5 Å². The van der Waals surface area contributed by atoms with Crippen LogP contribution in [-0.4, -0.2) is 47.3 Å². The summed E-state index contributed by atoms with van der Waals surface area (Å²) in [6, 6.07) is 4.43. The van der Waals surface area contributed by atoms with Gasteiger partial charge in [-0.2, -0.15) is 13.2 Å². The van der Waals surface area contributed by atoms with Gasteiger partial charge in [0.05, 0.1) is 18.2 Å². The maximum Gasteiger partial charge on any atom is 0.416 e. The van der Waals surface area contributed by atoms with E-state index in [2.05, 4.69) is 0 Å². The second-order valence-electron chi connectivity index (χ2n) is 6.13. The summed E-state index contributed by atoms with van der Waals surface area (Å²) in [6.07, 6.45) is -3.30. The number of benzene rings is 1. The maximum atomic E-state index is 12.8. The molecule has 0 saturated carbocycles. The fourth-order valence-electron chi connectivity index (χ4n) is 3.34. The van der Waals surface area contributed by atoms with E-state index < -0.39 is 29.4 Å². The molecule has 1 N–H and O–H groups in total. The van der Waals surface area contributed by atoms with Gasteiger partial charge < -0.3 is 14.7 Å². The second kappa shape index (κ2) is 5.79. The monoisotopic (exact) mass is 329 g/mol. The number of piperidine rings is 1. The smallest absolute Gasteiger partial charge is 0.390 e. The predicted molar refractivity (Wildman–Crippen MR) is 75.9 cm³/mol. The second-order valence-corrected chi connectivity index (χ2v) is 6.13. The molecule has 0 unspecified atom stereocenters. The number of aliphatic hydroxyl groups is 1. The summed E-state index contributed by atoms with van der Waals surface area (Å²) in [5, 5.41) is 10.2. The van der Waals surface area contributed by atoms with Crippen molar-refractivity contribution in [2.24, 2.45) is 0 Å². The summed E-state index contributed by atoms with van der Waals surface area (Å²) in [5.74, 6) is -0.460. The number of aliphatic hydroxyl groups excluding tert-OH is 1. The van der Waals surface area contributed by atoms with Gasteiger partial charge in [-0.3, -0.25) is 4.79 Å². The average Bonchev–Trinajstić information content (AvgIpc) is 2.98. The fraction of sp³-hybridized carbons (Fsp3) is 0.562. The molecule has 7 heteroatoms. The van der Waals surface area contributed by atoms with Crippen molar-refractivity contribution < 1.29 is 27.8 Å². The number of halogens is 3. The van der Waals surface area contributed by atoms with E-state index >= 15 is 0 Å². The molecule has 0 bridgehead atoms. The Morgan fingerprint density at radius 1 is 1.39 bits per heavy atom. The molecule has 0 aliphatic carbocycles. The molecular weight excluding hydrogens is 311 g/mol. The van der Waals surface area contributed by atoms with E-state index in [4.69, 9.17) is 4.74 Å². The third-order valence-corrected chi connectivity index (χ3v) is 4.60. The molecule has 2 heterocycles. The zero-order valence-electron chi connectivity index (χ0n) is 12.5. The summed E-state index contributed by atoms with van der Waals surface area (Å²) in [6.45, 7) is 1.05. The van der Waals surface area contributed by atoms with E-state index in [1.807, 2.05) is 0 Å². The molecule has 23 heavy (non-hydrogen) atoms. The molecule has 1 aromatic carbocycles. The first kappa shape index (κ1) is 16.3. The molecule has 0 aromatic heterocycles. The van der Waals surface area contributed by atoms with Crippen LogP contribution < -0.4 is 0 Å². The van der Waals surface area contributed by atoms with Crippen molar-refractivity contribution in [3.8, 4) is 0 Å². The Bertz CT molecular complexity index is 596. The van der Waals surface area contributed by atoms with Crippen LogP contribution in [0.5, 0.6) is 0 Å². The number of likely N-dealkylation sites (tertiary alicyclic amines) is 1. The van der Waals surface area contributed by atoms with Gasteiger partial charge in [0.1, 0.15) is 5.60 Å². The number of hydrogen-bond acceptors (Lipinski definition) is 3. The third kappa shape index (κ3) is 3.07. The Kier molecular flexibility index (Phi) is 4.10. The first-order chi connectivity index (χ1) is 10.8. The minimum absolute atomic E-state index is 0.00404. The molecule has 126 valence electrons. The van der Waals surface area contributed by atoms with E-state index in [0.717, 1.165) is 18.6 Å². The molecular formula is C16H18F3NO3. The van der Waals surface area contributed by atoms with Crippen LogP contribution in [0.15, 0.2) is 24.3 Å². The zero-order valence-corrected chi connectivity index (χ0v) is 12.5. The molecule has 1 aromatic rings. The van der Waals surface area contributed by atoms with Crippen LogP contribution in [0.25, 0.3) is 0 Å². The van der Waals surface area contributed by atoms with Crippen LogP contribution in [-0.2, 0) is 10.9 Å². The molecule has 2 saturated heterocycles. The molecule has 2 fully saturated rings. The van der Waals surface area contributed by atoms with Crippen LogP contribution >= 0.6 is 0 Å². The molecule has 2 aliphatic heterocycles. The number of ether oxygens (including phenoxy) is 1. The summed E-state index contributed by atoms with van der Waals surface area (Å²) in [4.78, 5) is 14.0. The van der Waals surface area contributed by atoms with Gasteiger partial charge in [0.2, 0.25) is 0 Å². The molecule has 1 amide bonds. The van der Waals surface area contributed by atoms with Crippen LogP contribution in [0.2, 0.25) is 0 Å². The Hall–Kier alpha value is -1.60. The molecule has 4 nitrogen and oxygen atoms in total. The Morgan fingerprint density at radius 3 is 2.83 bits per heavy atom. The summed E-state index contributed by atoms with van der Waals surface area (Å²) in [5.41, 5.74) is -1.60. The molecule has 0 radical (unpaired) electrons. The minimum Gasteiger partial charge on any atom is -0.390 e. The highest BCUT2D eigenvalue weighted by Crippen LogP contribution is 2.35. The van der Waals surface area contributed by atoms with Crippen molar-refractivity contribution in [2.75, 3.05) is 19.7 Å². The summed E-state index contributed by atoms with van der Waals surface area (Å²) < 4.78 is 44.0. The van der Waals surface area contributed by atoms with Gasteiger partial charge in [-0.25, -0.2) is 0 Å². The van der Waals surface area contributed by atoms with Gasteiger partial charge >= 0.3 is 6.18 Å². The number of rotatable bonds is 1. The van der Waals surface area contributed by atoms with E-state index in [0.29, 0.717) is 26.0 Å². The van der Waals surface area contributed by atoms with Gasteiger partial charge in [-0.15, -0.1) is 0 Å². The average molecular weight is 329 g/mol. The van der Waals surface area contributed by atoms with Crippen molar-refractivity contribution in [3.63, 3.8) is 0 Å². The largest absolute Gasteiger partial charge is 0.416 e. The lowest BCUT2D eigenvalue weighted by Gasteiger charge is -2.43. The first-order valence-electron chi connectivity index (χ1n) is 7.60. The SMILES string of the molecule is O=C(c1cccc(C(F)(F)F)c1)N1CC[C@H](O)[C@]2(CCCO2)C1. The number of amides is 1. The first-order valence-corrected chi connectivity index (χ1v) is 7.60. The van der Waals surface area contributed by atoms with Gasteiger partial charge in [0.25, 0.3) is 5.91 Å². The molecule has 1 spiro atoms. The zero-order chi connectivity index (χ0) is 16.7. The van der Waals surface area contributed by atoms with E-state index in [1.54, 1.807) is 0 Å². The lowest BCUT2D eigenvalue weighted by atomic mass is 9.86. The van der Waals surface area contributed by atoms with Crippen molar-refractivity contribution in [2.45, 2.75) is 37.1 Å². The lowest BCUT2D eigenvalue weighted by Crippen LogP contribution is -2.57. The van der Waals surface area contributed by atoms with Crippen LogP contribution in [0.4, 0.5) is 13.2 Å². The highest BCUT2D eigenvalue weighted by atomic mass is 19.4. The predicted octanol–water partition coefficient (Wildman–Crippen LogP) is 2.46. The lowest BCUT2D eigenvalue weighted by molar-refractivity contribution is -0.137. The van der Waals surface area contributed by atoms with Crippen molar-refractivity contribution >= 4 is 5.91 Å². The normalized spacial score (nSPS) is 28.3. The van der Waals surface area contributed by atoms with Crippen molar-refractivity contribution in [1.82, 2.24) is 4.90 Å². The molecule has 2 atom stereocenters. The van der Waals surface area contributed by atoms with Crippen LogP contribution in [0, 0.1) is 0 Å². The topological polar surface area (TPSA) is 49.8 Å². The van der Waals surface area contributed by atoms with E-state index in [1.165, 1.54) is 17.0 Å². The Labute approximate surface area is 131 Å². The van der Waals surface area contributed by atoms with Crippen LogP contribution in [0.3, 0.4) is 0 Å². The summed E-state index contributed by atoms with van der Waals surface area (Å²) >= 11 is 0. The molecule has 3 rings (SSSR count). The fourth-order valence-corrected chi connectivity index (χ4v) is 3.34. The Morgan fingerprint density at radius 2 is 2.17 bits per heavy atom. The minimum atomic E-state index is -4.48. The quantitative estimate of drug-likeness (QED) is 0.861. The highest BCUT2D eigenvalue weighted by Gasteiger charge is 2.47. The van der Waals surface area contributed by atoms with Crippen molar-refractivity contribution in [1.29, 1.82) is 0 Å². The van der Waals surface area contributed by atoms with Crippen LogP contribution in [0.1, 0.15) is 35.2 Å².